The lowest BCUT2D eigenvalue weighted by molar-refractivity contribution is -0.123. The largest absolute Gasteiger partial charge is 0.484 e. The number of hydrogen-bond acceptors (Lipinski definition) is 4. The Labute approximate surface area is 118 Å². The minimum atomic E-state index is -0.159. The number of carbonyl (C=O) groups excluding carboxylic acids is 1. The van der Waals surface area contributed by atoms with E-state index < -0.39 is 0 Å². The lowest BCUT2D eigenvalue weighted by atomic mass is 10.3. The molecule has 0 aliphatic carbocycles. The van der Waals surface area contributed by atoms with Gasteiger partial charge in [-0.15, -0.1) is 0 Å². The van der Waals surface area contributed by atoms with Crippen molar-refractivity contribution in [3.63, 3.8) is 0 Å². The first-order valence-electron chi connectivity index (χ1n) is 6.07. The molecule has 106 valence electrons. The van der Waals surface area contributed by atoms with Crippen LogP contribution in [0.3, 0.4) is 0 Å². The molecule has 0 heterocycles. The molecule has 0 radical (unpaired) electrons. The van der Waals surface area contributed by atoms with Crippen molar-refractivity contribution in [2.75, 3.05) is 40.0 Å². The number of ether oxygens (including phenoxy) is 2. The molecule has 0 atom stereocenters. The first-order chi connectivity index (χ1) is 9.22. The van der Waals surface area contributed by atoms with E-state index in [4.69, 9.17) is 21.1 Å². The average Bonchev–Trinajstić information content (AvgIpc) is 2.40. The van der Waals surface area contributed by atoms with Crippen molar-refractivity contribution in [1.82, 2.24) is 10.6 Å². The number of benzene rings is 1. The average molecular weight is 287 g/mol. The monoisotopic (exact) mass is 286 g/mol. The van der Waals surface area contributed by atoms with E-state index in [2.05, 4.69) is 10.6 Å². The van der Waals surface area contributed by atoms with Gasteiger partial charge < -0.3 is 20.1 Å². The van der Waals surface area contributed by atoms with Crippen molar-refractivity contribution in [2.24, 2.45) is 0 Å². The summed E-state index contributed by atoms with van der Waals surface area (Å²) in [5.74, 6) is 0.425. The molecule has 0 unspecified atom stereocenters. The third-order valence-electron chi connectivity index (χ3n) is 2.27. The molecular weight excluding hydrogens is 268 g/mol. The van der Waals surface area contributed by atoms with Gasteiger partial charge in [-0.3, -0.25) is 4.79 Å². The Morgan fingerprint density at radius 2 is 2.16 bits per heavy atom. The van der Waals surface area contributed by atoms with Gasteiger partial charge in [0.1, 0.15) is 5.75 Å². The molecule has 19 heavy (non-hydrogen) atoms. The zero-order valence-electron chi connectivity index (χ0n) is 10.9. The Hall–Kier alpha value is -1.30. The number of nitrogens with one attached hydrogen (secondary N) is 2. The topological polar surface area (TPSA) is 59.6 Å². The molecule has 6 heteroatoms. The molecule has 5 nitrogen and oxygen atoms in total. The van der Waals surface area contributed by atoms with Gasteiger partial charge >= 0.3 is 0 Å². The Bertz CT molecular complexity index is 388. The minimum Gasteiger partial charge on any atom is -0.484 e. The van der Waals surface area contributed by atoms with Gasteiger partial charge in [-0.05, 0) is 18.2 Å². The van der Waals surface area contributed by atoms with Gasteiger partial charge in [0.25, 0.3) is 5.91 Å². The Morgan fingerprint density at radius 3 is 2.89 bits per heavy atom. The van der Waals surface area contributed by atoms with Crippen LogP contribution in [-0.4, -0.2) is 45.9 Å². The summed E-state index contributed by atoms with van der Waals surface area (Å²) in [7, 11) is 1.65. The molecule has 0 aromatic heterocycles. The van der Waals surface area contributed by atoms with Crippen LogP contribution in [0.25, 0.3) is 0 Å². The SMILES string of the molecule is COCCNCCNC(=O)COc1cccc(Cl)c1. The molecule has 0 fully saturated rings. The van der Waals surface area contributed by atoms with Gasteiger partial charge in [0.15, 0.2) is 6.61 Å². The number of amides is 1. The summed E-state index contributed by atoms with van der Waals surface area (Å²) in [6.07, 6.45) is 0. The fraction of sp³-hybridized carbons (Fsp3) is 0.462. The molecule has 0 spiro atoms. The van der Waals surface area contributed by atoms with Crippen LogP contribution in [0, 0.1) is 0 Å². The number of hydrogen-bond donors (Lipinski definition) is 2. The van der Waals surface area contributed by atoms with Crippen LogP contribution in [0.2, 0.25) is 5.02 Å². The van der Waals surface area contributed by atoms with Crippen LogP contribution < -0.4 is 15.4 Å². The zero-order chi connectivity index (χ0) is 13.9. The standard InChI is InChI=1S/C13H19ClN2O3/c1-18-8-7-15-5-6-16-13(17)10-19-12-4-2-3-11(14)9-12/h2-4,9,15H,5-8,10H2,1H3,(H,16,17). The second-order valence-corrected chi connectivity index (χ2v) is 4.28. The molecule has 0 saturated carbocycles. The van der Waals surface area contributed by atoms with Gasteiger partial charge in [-0.25, -0.2) is 0 Å². The first-order valence-corrected chi connectivity index (χ1v) is 6.45. The van der Waals surface area contributed by atoms with Gasteiger partial charge in [0.05, 0.1) is 6.61 Å². The highest BCUT2D eigenvalue weighted by Gasteiger charge is 2.02. The molecule has 0 aliphatic rings. The van der Waals surface area contributed by atoms with E-state index in [1.165, 1.54) is 0 Å². The van der Waals surface area contributed by atoms with Crippen molar-refractivity contribution in [1.29, 1.82) is 0 Å². The van der Waals surface area contributed by atoms with E-state index in [0.29, 0.717) is 30.5 Å². The quantitative estimate of drug-likeness (QED) is 0.667. The van der Waals surface area contributed by atoms with Crippen LogP contribution in [0.1, 0.15) is 0 Å². The van der Waals surface area contributed by atoms with E-state index in [1.807, 2.05) is 0 Å². The van der Waals surface area contributed by atoms with Crippen molar-refractivity contribution in [3.8, 4) is 5.75 Å². The third-order valence-corrected chi connectivity index (χ3v) is 2.51. The van der Waals surface area contributed by atoms with Crippen LogP contribution in [-0.2, 0) is 9.53 Å². The Balaban J connectivity index is 2.08. The van der Waals surface area contributed by atoms with Gasteiger partial charge in [-0.2, -0.15) is 0 Å². The normalized spacial score (nSPS) is 10.2. The van der Waals surface area contributed by atoms with Crippen LogP contribution >= 0.6 is 11.6 Å². The van der Waals surface area contributed by atoms with Crippen LogP contribution in [0.15, 0.2) is 24.3 Å². The lowest BCUT2D eigenvalue weighted by Gasteiger charge is -2.08. The van der Waals surface area contributed by atoms with Crippen molar-refractivity contribution >= 4 is 17.5 Å². The zero-order valence-corrected chi connectivity index (χ0v) is 11.7. The molecule has 2 N–H and O–H groups in total. The Kier molecular flexibility index (Phi) is 7.97. The molecule has 1 amide bonds. The molecular formula is C13H19ClN2O3. The Morgan fingerprint density at radius 1 is 1.32 bits per heavy atom. The van der Waals surface area contributed by atoms with E-state index in [9.17, 15) is 4.79 Å². The highest BCUT2D eigenvalue weighted by atomic mass is 35.5. The van der Waals surface area contributed by atoms with Gasteiger partial charge in [0, 0.05) is 31.8 Å². The highest BCUT2D eigenvalue weighted by molar-refractivity contribution is 6.30. The minimum absolute atomic E-state index is 0.0155. The summed E-state index contributed by atoms with van der Waals surface area (Å²) >= 11 is 5.81. The molecule has 1 rings (SSSR count). The predicted molar refractivity (Wildman–Crippen MR) is 74.7 cm³/mol. The maximum atomic E-state index is 11.5. The number of halogens is 1. The van der Waals surface area contributed by atoms with E-state index in [-0.39, 0.29) is 12.5 Å². The van der Waals surface area contributed by atoms with Crippen LogP contribution in [0.4, 0.5) is 0 Å². The van der Waals surface area contributed by atoms with E-state index >= 15 is 0 Å². The number of carbonyl (C=O) groups is 1. The number of rotatable bonds is 9. The van der Waals surface area contributed by atoms with Crippen LogP contribution in [0.5, 0.6) is 5.75 Å². The second kappa shape index (κ2) is 9.61. The fourth-order valence-corrected chi connectivity index (χ4v) is 1.53. The van der Waals surface area contributed by atoms with Crippen molar-refractivity contribution in [3.05, 3.63) is 29.3 Å². The van der Waals surface area contributed by atoms with E-state index in [1.54, 1.807) is 31.4 Å². The number of methoxy groups -OCH3 is 1. The fourth-order valence-electron chi connectivity index (χ4n) is 1.35. The van der Waals surface area contributed by atoms with E-state index in [0.717, 1.165) is 6.54 Å². The summed E-state index contributed by atoms with van der Waals surface area (Å²) in [6, 6.07) is 6.95. The van der Waals surface area contributed by atoms with Gasteiger partial charge in [-0.1, -0.05) is 17.7 Å². The van der Waals surface area contributed by atoms with Crippen molar-refractivity contribution in [2.45, 2.75) is 0 Å². The molecule has 1 aromatic carbocycles. The maximum Gasteiger partial charge on any atom is 0.257 e. The highest BCUT2D eigenvalue weighted by Crippen LogP contribution is 2.16. The van der Waals surface area contributed by atoms with Gasteiger partial charge in [0.2, 0.25) is 0 Å². The smallest absolute Gasteiger partial charge is 0.257 e. The van der Waals surface area contributed by atoms with Crippen molar-refractivity contribution < 1.29 is 14.3 Å². The molecule has 0 aliphatic heterocycles. The molecule has 1 aromatic rings. The lowest BCUT2D eigenvalue weighted by Crippen LogP contribution is -2.35. The third kappa shape index (κ3) is 7.66. The summed E-state index contributed by atoms with van der Waals surface area (Å²) in [5, 5.41) is 6.45. The molecule has 0 saturated heterocycles. The molecule has 0 bridgehead atoms. The summed E-state index contributed by atoms with van der Waals surface area (Å²) in [5.41, 5.74) is 0. The summed E-state index contributed by atoms with van der Waals surface area (Å²) in [4.78, 5) is 11.5. The second-order valence-electron chi connectivity index (χ2n) is 3.84. The summed E-state index contributed by atoms with van der Waals surface area (Å²) < 4.78 is 10.2. The predicted octanol–water partition coefficient (Wildman–Crippen LogP) is 1.07. The maximum absolute atomic E-state index is 11.5. The summed E-state index contributed by atoms with van der Waals surface area (Å²) in [6.45, 7) is 2.67. The first kappa shape index (κ1) is 15.8.